The van der Waals surface area contributed by atoms with Crippen LogP contribution < -0.4 is 20.7 Å². The number of hydrogen-bond donors (Lipinski definition) is 2. The Kier molecular flexibility index (Phi) is 7.96. The molecule has 1 saturated heterocycles. The van der Waals surface area contributed by atoms with Crippen LogP contribution in [0.5, 0.6) is 0 Å². The van der Waals surface area contributed by atoms with Gasteiger partial charge in [-0.1, -0.05) is 23.5 Å². The zero-order valence-corrected chi connectivity index (χ0v) is 21.5. The van der Waals surface area contributed by atoms with Gasteiger partial charge < -0.3 is 25.8 Å². The average Bonchev–Trinajstić information content (AvgIpc) is 3.30. The number of amides is 2. The van der Waals surface area contributed by atoms with E-state index in [4.69, 9.17) is 10.6 Å². The van der Waals surface area contributed by atoms with Gasteiger partial charge in [-0.05, 0) is 17.7 Å². The zero-order valence-electron chi connectivity index (χ0n) is 19.1. The third-order valence-corrected chi connectivity index (χ3v) is 8.48. The van der Waals surface area contributed by atoms with Crippen LogP contribution in [-0.2, 0) is 25.8 Å². The largest absolute Gasteiger partial charge is 0.543 e. The van der Waals surface area contributed by atoms with Gasteiger partial charge in [-0.25, -0.2) is 4.98 Å². The summed E-state index contributed by atoms with van der Waals surface area (Å²) in [6.07, 6.45) is 3.69. The van der Waals surface area contributed by atoms with Crippen LogP contribution in [0.15, 0.2) is 63.9 Å². The van der Waals surface area contributed by atoms with Crippen molar-refractivity contribution in [2.45, 2.75) is 23.0 Å². The summed E-state index contributed by atoms with van der Waals surface area (Å²) in [4.78, 5) is 47.8. The predicted octanol–water partition coefficient (Wildman–Crippen LogP) is -0.254. The highest BCUT2D eigenvalue weighted by Crippen LogP contribution is 2.41. The molecular formula is C22H22N6O5S3. The molecule has 4 heterocycles. The smallest absolute Gasteiger partial charge is 0.276 e. The van der Waals surface area contributed by atoms with Gasteiger partial charge in [0, 0.05) is 29.0 Å². The number of allylic oxidation sites excluding steroid dienone is 1. The maximum absolute atomic E-state index is 13.0. The minimum atomic E-state index is -1.43. The Morgan fingerprint density at radius 2 is 2.31 bits per heavy atom. The van der Waals surface area contributed by atoms with E-state index >= 15 is 0 Å². The van der Waals surface area contributed by atoms with Gasteiger partial charge in [0.2, 0.25) is 5.03 Å². The summed E-state index contributed by atoms with van der Waals surface area (Å²) in [7, 11) is 1.28. The number of carboxylic acids is 1. The van der Waals surface area contributed by atoms with Crippen LogP contribution in [0.1, 0.15) is 5.69 Å². The highest BCUT2D eigenvalue weighted by atomic mass is 32.2. The number of fused-ring (bicyclic) bond motifs is 1. The molecule has 0 bridgehead atoms. The highest BCUT2D eigenvalue weighted by molar-refractivity contribution is 8.01. The van der Waals surface area contributed by atoms with Crippen molar-refractivity contribution in [2.75, 3.05) is 24.3 Å². The lowest BCUT2D eigenvalue weighted by molar-refractivity contribution is -0.723. The number of carbonyl (C=O) groups is 3. The second-order valence-corrected chi connectivity index (χ2v) is 10.6. The van der Waals surface area contributed by atoms with Crippen molar-refractivity contribution in [1.29, 1.82) is 0 Å². The lowest BCUT2D eigenvalue weighted by Gasteiger charge is -2.50. The van der Waals surface area contributed by atoms with E-state index in [2.05, 4.69) is 22.0 Å². The lowest BCUT2D eigenvalue weighted by atomic mass is 10.0. The van der Waals surface area contributed by atoms with Crippen LogP contribution >= 0.6 is 34.9 Å². The third kappa shape index (κ3) is 5.10. The maximum atomic E-state index is 13.0. The van der Waals surface area contributed by atoms with Gasteiger partial charge >= 0.3 is 0 Å². The molecule has 4 rings (SSSR count). The first-order chi connectivity index (χ1) is 17.3. The van der Waals surface area contributed by atoms with Crippen LogP contribution in [0, 0.1) is 0 Å². The number of thioether (sulfide) groups is 2. The van der Waals surface area contributed by atoms with Crippen molar-refractivity contribution in [2.24, 2.45) is 5.16 Å². The van der Waals surface area contributed by atoms with Gasteiger partial charge in [0.05, 0.1) is 11.7 Å². The predicted molar refractivity (Wildman–Crippen MR) is 135 cm³/mol. The van der Waals surface area contributed by atoms with Crippen molar-refractivity contribution in [3.05, 3.63) is 59.4 Å². The number of nitrogen functional groups attached to an aromatic ring is 1. The number of aromatic nitrogens is 2. The molecule has 2 amide bonds. The van der Waals surface area contributed by atoms with Crippen LogP contribution in [0.2, 0.25) is 0 Å². The lowest BCUT2D eigenvalue weighted by Crippen LogP contribution is -2.71. The number of nitrogens with one attached hydrogen (secondary N) is 1. The van der Waals surface area contributed by atoms with Gasteiger partial charge in [0.15, 0.2) is 23.6 Å². The number of rotatable bonds is 10. The molecule has 0 aromatic carbocycles. The summed E-state index contributed by atoms with van der Waals surface area (Å²) in [6, 6.07) is 4.80. The Labute approximate surface area is 219 Å². The Bertz CT molecular complexity index is 1280. The maximum Gasteiger partial charge on any atom is 0.276 e. The number of pyridine rings is 1. The number of β-lactam (4-membered cyclic amide) rings is 1. The van der Waals surface area contributed by atoms with Gasteiger partial charge in [-0.15, -0.1) is 23.1 Å². The summed E-state index contributed by atoms with van der Waals surface area (Å²) in [6.45, 7) is 4.37. The fraction of sp³-hybridized carbons (Fsp3) is 0.273. The van der Waals surface area contributed by atoms with Crippen LogP contribution in [0.3, 0.4) is 0 Å². The van der Waals surface area contributed by atoms with E-state index in [0.29, 0.717) is 23.6 Å². The second-order valence-electron chi connectivity index (χ2n) is 7.56. The molecule has 2 aliphatic rings. The standard InChI is InChI=1S/C22H22N6O5S3/c1-3-7-27-8-5-4-6-14(27)34-9-12-10-35-20-16(19(30)28(20)17(12)21(31)32)25-18(29)15(26-33-2)13-11-36-22(23)24-13/h3-6,8,11,16,20H,1,7,9-10H2,2H3,(H3-,23,24,25,29,31,32)/b26-15-/t16-,20-/m1/s1. The summed E-state index contributed by atoms with van der Waals surface area (Å²) in [5, 5.41) is 20.5. The molecule has 0 aliphatic carbocycles. The van der Waals surface area contributed by atoms with Crippen molar-refractivity contribution < 1.29 is 28.9 Å². The van der Waals surface area contributed by atoms with Crippen molar-refractivity contribution in [1.82, 2.24) is 15.2 Å². The van der Waals surface area contributed by atoms with E-state index in [9.17, 15) is 19.5 Å². The number of anilines is 1. The Morgan fingerprint density at radius 3 is 2.97 bits per heavy atom. The first-order valence-corrected chi connectivity index (χ1v) is 13.5. The Hall–Kier alpha value is -3.36. The highest BCUT2D eigenvalue weighted by Gasteiger charge is 2.53. The fourth-order valence-electron chi connectivity index (χ4n) is 3.73. The molecule has 188 valence electrons. The van der Waals surface area contributed by atoms with E-state index in [-0.39, 0.29) is 22.2 Å². The molecule has 0 unspecified atom stereocenters. The number of nitrogens with two attached hydrogens (primary N) is 1. The fourth-order valence-corrected chi connectivity index (χ4v) is 6.79. The first kappa shape index (κ1) is 25.7. The molecule has 0 saturated carbocycles. The summed E-state index contributed by atoms with van der Waals surface area (Å²) >= 11 is 3.96. The summed E-state index contributed by atoms with van der Waals surface area (Å²) in [5.74, 6) is -1.93. The zero-order chi connectivity index (χ0) is 25.8. The van der Waals surface area contributed by atoms with Crippen molar-refractivity contribution in [3.63, 3.8) is 0 Å². The first-order valence-electron chi connectivity index (χ1n) is 10.6. The monoisotopic (exact) mass is 546 g/mol. The van der Waals surface area contributed by atoms with E-state index in [1.807, 2.05) is 29.0 Å². The minimum absolute atomic E-state index is 0.138. The molecule has 36 heavy (non-hydrogen) atoms. The van der Waals surface area contributed by atoms with Crippen molar-refractivity contribution >= 4 is 63.5 Å². The van der Waals surface area contributed by atoms with Gasteiger partial charge in [-0.2, -0.15) is 4.57 Å². The molecule has 14 heteroatoms. The molecule has 1 fully saturated rings. The van der Waals surface area contributed by atoms with E-state index in [1.54, 1.807) is 11.5 Å². The molecule has 2 atom stereocenters. The summed E-state index contributed by atoms with van der Waals surface area (Å²) < 4.78 is 1.99. The molecule has 2 aromatic heterocycles. The average molecular weight is 547 g/mol. The molecule has 2 aromatic rings. The van der Waals surface area contributed by atoms with Gasteiger partial charge in [0.25, 0.3) is 11.8 Å². The van der Waals surface area contributed by atoms with Crippen molar-refractivity contribution in [3.8, 4) is 0 Å². The number of nitrogens with zero attached hydrogens (tertiary/aromatic N) is 4. The Morgan fingerprint density at radius 1 is 1.50 bits per heavy atom. The number of hydrogen-bond acceptors (Lipinski definition) is 11. The third-order valence-electron chi connectivity index (χ3n) is 5.31. The normalized spacial score (nSPS) is 19.4. The van der Waals surface area contributed by atoms with E-state index < -0.39 is 29.2 Å². The molecule has 0 radical (unpaired) electrons. The minimum Gasteiger partial charge on any atom is -0.543 e. The number of oxime groups is 1. The quantitative estimate of drug-likeness (QED) is 0.102. The van der Waals surface area contributed by atoms with Crippen LogP contribution in [0.4, 0.5) is 5.13 Å². The molecule has 0 spiro atoms. The van der Waals surface area contributed by atoms with Gasteiger partial charge in [-0.3, -0.25) is 14.5 Å². The molecular weight excluding hydrogens is 524 g/mol. The number of aliphatic carboxylic acids is 1. The second kappa shape index (κ2) is 11.1. The number of carboxylic acid groups (broad SMARTS) is 1. The SMILES string of the molecule is C=CC[n+]1ccccc1SCC1=C(C(=O)[O-])N2C(=O)[C@@H](NC(=O)/C(=N\OC)c3csc(N)n3)[C@H]2SC1. The van der Waals surface area contributed by atoms with E-state index in [0.717, 1.165) is 16.4 Å². The molecule has 11 nitrogen and oxygen atoms in total. The van der Waals surface area contributed by atoms with Gasteiger partial charge in [0.1, 0.15) is 24.2 Å². The van der Waals surface area contributed by atoms with Crippen LogP contribution in [-0.4, -0.2) is 63.4 Å². The van der Waals surface area contributed by atoms with E-state index in [1.165, 1.54) is 35.5 Å². The Balaban J connectivity index is 1.49. The number of carbonyl (C=O) groups excluding carboxylic acids is 3. The topological polar surface area (TPSA) is 154 Å². The number of thiazole rings is 1. The molecule has 2 aliphatic heterocycles. The van der Waals surface area contributed by atoms with Crippen LogP contribution in [0.25, 0.3) is 0 Å². The summed E-state index contributed by atoms with van der Waals surface area (Å²) in [5.41, 5.74) is 6.15. The molecule has 3 N–H and O–H groups in total.